The Hall–Kier alpha value is -1.14. The lowest BCUT2D eigenvalue weighted by atomic mass is 10.4. The van der Waals surface area contributed by atoms with Gasteiger partial charge in [-0.2, -0.15) is 0 Å². The molecule has 0 unspecified atom stereocenters. The van der Waals surface area contributed by atoms with Crippen molar-refractivity contribution in [1.82, 2.24) is 9.97 Å². The van der Waals surface area contributed by atoms with Crippen molar-refractivity contribution >= 4 is 17.7 Å². The van der Waals surface area contributed by atoms with Crippen LogP contribution >= 0.6 is 11.8 Å². The molecule has 14 heavy (non-hydrogen) atoms. The Morgan fingerprint density at radius 3 is 3.00 bits per heavy atom. The molecule has 1 fully saturated rings. The minimum atomic E-state index is -1.03. The summed E-state index contributed by atoms with van der Waals surface area (Å²) in [6, 6.07) is 1.38. The first-order chi connectivity index (χ1) is 6.75. The van der Waals surface area contributed by atoms with Gasteiger partial charge < -0.3 is 9.84 Å². The topological polar surface area (TPSA) is 72.3 Å². The number of nitrogens with zero attached hydrogens (tertiary/aromatic N) is 2. The Bertz CT molecular complexity index is 354. The van der Waals surface area contributed by atoms with E-state index in [9.17, 15) is 4.79 Å². The SMILES string of the molecule is O=C(O)c1ccnc(SC2COC2)n1. The van der Waals surface area contributed by atoms with Crippen LogP contribution in [0.3, 0.4) is 0 Å². The number of carbonyl (C=O) groups is 1. The highest BCUT2D eigenvalue weighted by Gasteiger charge is 2.21. The van der Waals surface area contributed by atoms with E-state index >= 15 is 0 Å². The largest absolute Gasteiger partial charge is 0.477 e. The molecule has 1 aliphatic heterocycles. The van der Waals surface area contributed by atoms with Crippen molar-refractivity contribution in [2.45, 2.75) is 10.4 Å². The Kier molecular flexibility index (Phi) is 2.64. The fourth-order valence-corrected chi connectivity index (χ4v) is 1.85. The summed E-state index contributed by atoms with van der Waals surface area (Å²) < 4.78 is 4.99. The Morgan fingerprint density at radius 1 is 1.64 bits per heavy atom. The summed E-state index contributed by atoms with van der Waals surface area (Å²) >= 11 is 1.45. The van der Waals surface area contributed by atoms with Crippen molar-refractivity contribution in [3.8, 4) is 0 Å². The average Bonchev–Trinajstić information content (AvgIpc) is 2.12. The van der Waals surface area contributed by atoms with Crippen LogP contribution in [0.1, 0.15) is 10.5 Å². The van der Waals surface area contributed by atoms with Gasteiger partial charge in [-0.1, -0.05) is 11.8 Å². The number of thioether (sulfide) groups is 1. The first kappa shape index (κ1) is 9.42. The third-order valence-corrected chi connectivity index (χ3v) is 2.75. The fraction of sp³-hybridized carbons (Fsp3) is 0.375. The first-order valence-corrected chi connectivity index (χ1v) is 4.94. The average molecular weight is 212 g/mol. The van der Waals surface area contributed by atoms with Gasteiger partial charge in [-0.15, -0.1) is 0 Å². The summed E-state index contributed by atoms with van der Waals surface area (Å²) in [6.07, 6.45) is 1.46. The second kappa shape index (κ2) is 3.93. The molecule has 1 saturated heterocycles. The first-order valence-electron chi connectivity index (χ1n) is 4.06. The number of hydrogen-bond acceptors (Lipinski definition) is 5. The zero-order valence-corrected chi connectivity index (χ0v) is 8.03. The second-order valence-corrected chi connectivity index (χ2v) is 4.07. The van der Waals surface area contributed by atoms with E-state index in [4.69, 9.17) is 9.84 Å². The molecule has 1 aromatic heterocycles. The lowest BCUT2D eigenvalue weighted by Gasteiger charge is -2.24. The van der Waals surface area contributed by atoms with E-state index in [-0.39, 0.29) is 5.69 Å². The van der Waals surface area contributed by atoms with Crippen LogP contribution in [-0.2, 0) is 4.74 Å². The van der Waals surface area contributed by atoms with E-state index < -0.39 is 5.97 Å². The van der Waals surface area contributed by atoms with Crippen LogP contribution in [0.15, 0.2) is 17.4 Å². The Morgan fingerprint density at radius 2 is 2.43 bits per heavy atom. The number of carboxylic acid groups (broad SMARTS) is 1. The van der Waals surface area contributed by atoms with Crippen LogP contribution in [0.4, 0.5) is 0 Å². The van der Waals surface area contributed by atoms with Crippen LogP contribution in [0.2, 0.25) is 0 Å². The molecule has 1 aliphatic rings. The summed E-state index contributed by atoms with van der Waals surface area (Å²) in [7, 11) is 0. The summed E-state index contributed by atoms with van der Waals surface area (Å²) in [5.41, 5.74) is 0.0303. The summed E-state index contributed by atoms with van der Waals surface area (Å²) in [6.45, 7) is 1.37. The predicted octanol–water partition coefficient (Wildman–Crippen LogP) is 0.666. The molecule has 1 N–H and O–H groups in total. The molecule has 0 aromatic carbocycles. The Balaban J connectivity index is 2.09. The molecule has 0 aliphatic carbocycles. The monoisotopic (exact) mass is 212 g/mol. The maximum absolute atomic E-state index is 10.6. The van der Waals surface area contributed by atoms with Gasteiger partial charge in [-0.05, 0) is 6.07 Å². The van der Waals surface area contributed by atoms with Gasteiger partial charge in [0.15, 0.2) is 10.9 Å². The number of aromatic carboxylic acids is 1. The van der Waals surface area contributed by atoms with Gasteiger partial charge in [0.25, 0.3) is 0 Å². The number of carboxylic acids is 1. The van der Waals surface area contributed by atoms with Crippen molar-refractivity contribution in [3.63, 3.8) is 0 Å². The van der Waals surface area contributed by atoms with E-state index in [0.717, 1.165) is 0 Å². The summed E-state index contributed by atoms with van der Waals surface area (Å²) in [5, 5.41) is 9.55. The maximum Gasteiger partial charge on any atom is 0.354 e. The Labute approximate surface area is 84.5 Å². The highest BCUT2D eigenvalue weighted by atomic mass is 32.2. The molecule has 0 saturated carbocycles. The highest BCUT2D eigenvalue weighted by molar-refractivity contribution is 7.99. The van der Waals surface area contributed by atoms with Gasteiger partial charge in [0, 0.05) is 6.20 Å². The molecule has 74 valence electrons. The van der Waals surface area contributed by atoms with Crippen molar-refractivity contribution in [1.29, 1.82) is 0 Å². The number of hydrogen-bond donors (Lipinski definition) is 1. The molecule has 0 bridgehead atoms. The normalized spacial score (nSPS) is 16.3. The van der Waals surface area contributed by atoms with E-state index in [1.165, 1.54) is 24.0 Å². The van der Waals surface area contributed by atoms with E-state index in [1.54, 1.807) is 0 Å². The van der Waals surface area contributed by atoms with Gasteiger partial charge in [-0.25, -0.2) is 14.8 Å². The van der Waals surface area contributed by atoms with Crippen molar-refractivity contribution in [2.75, 3.05) is 13.2 Å². The lowest BCUT2D eigenvalue weighted by Crippen LogP contribution is -2.30. The predicted molar refractivity (Wildman–Crippen MR) is 49.5 cm³/mol. The molecule has 2 heterocycles. The van der Waals surface area contributed by atoms with Crippen LogP contribution in [0.5, 0.6) is 0 Å². The molecule has 1 aromatic rings. The summed E-state index contributed by atoms with van der Waals surface area (Å²) in [4.78, 5) is 18.5. The fourth-order valence-electron chi connectivity index (χ4n) is 0.948. The molecule has 0 spiro atoms. The lowest BCUT2D eigenvalue weighted by molar-refractivity contribution is 0.0454. The van der Waals surface area contributed by atoms with Gasteiger partial charge in [0.2, 0.25) is 0 Å². The van der Waals surface area contributed by atoms with Crippen LogP contribution < -0.4 is 0 Å². The van der Waals surface area contributed by atoms with Crippen LogP contribution in [0, 0.1) is 0 Å². The third kappa shape index (κ3) is 2.02. The van der Waals surface area contributed by atoms with Crippen molar-refractivity contribution in [3.05, 3.63) is 18.0 Å². The number of rotatable bonds is 3. The van der Waals surface area contributed by atoms with Crippen molar-refractivity contribution in [2.24, 2.45) is 0 Å². The standard InChI is InChI=1S/C8H8N2O3S/c11-7(12)6-1-2-9-8(10-6)14-5-3-13-4-5/h1-2,5H,3-4H2,(H,11,12). The molecular formula is C8H8N2O3S. The minimum Gasteiger partial charge on any atom is -0.477 e. The quantitative estimate of drug-likeness (QED) is 0.742. The zero-order chi connectivity index (χ0) is 9.97. The molecule has 0 amide bonds. The number of ether oxygens (including phenoxy) is 1. The van der Waals surface area contributed by atoms with Gasteiger partial charge in [0.05, 0.1) is 18.5 Å². The van der Waals surface area contributed by atoms with Gasteiger partial charge >= 0.3 is 5.97 Å². The van der Waals surface area contributed by atoms with Crippen molar-refractivity contribution < 1.29 is 14.6 Å². The van der Waals surface area contributed by atoms with E-state index in [2.05, 4.69) is 9.97 Å². The molecule has 2 rings (SSSR count). The molecule has 0 atom stereocenters. The van der Waals surface area contributed by atoms with E-state index in [0.29, 0.717) is 23.6 Å². The third-order valence-electron chi connectivity index (χ3n) is 1.73. The smallest absolute Gasteiger partial charge is 0.354 e. The zero-order valence-electron chi connectivity index (χ0n) is 7.21. The van der Waals surface area contributed by atoms with E-state index in [1.807, 2.05) is 0 Å². The molecule has 5 nitrogen and oxygen atoms in total. The minimum absolute atomic E-state index is 0.0303. The highest BCUT2D eigenvalue weighted by Crippen LogP contribution is 2.24. The molecule has 0 radical (unpaired) electrons. The molecule has 6 heteroatoms. The van der Waals surface area contributed by atoms with Crippen LogP contribution in [-0.4, -0.2) is 39.5 Å². The van der Waals surface area contributed by atoms with Gasteiger partial charge in [-0.3, -0.25) is 0 Å². The summed E-state index contributed by atoms with van der Waals surface area (Å²) in [5.74, 6) is -1.03. The molecular weight excluding hydrogens is 204 g/mol. The number of aromatic nitrogens is 2. The maximum atomic E-state index is 10.6. The van der Waals surface area contributed by atoms with Crippen LogP contribution in [0.25, 0.3) is 0 Å². The second-order valence-electron chi connectivity index (χ2n) is 2.81. The van der Waals surface area contributed by atoms with Gasteiger partial charge in [0.1, 0.15) is 0 Å².